The zero-order valence-corrected chi connectivity index (χ0v) is 20.8. The Hall–Kier alpha value is -3.49. The molecule has 2 aliphatic heterocycles. The summed E-state index contributed by atoms with van der Waals surface area (Å²) in [6, 6.07) is 16.8. The van der Waals surface area contributed by atoms with Gasteiger partial charge in [0.25, 0.3) is 5.91 Å². The number of carbonyl (C=O) groups is 3. The van der Waals surface area contributed by atoms with Gasteiger partial charge >= 0.3 is 5.97 Å². The van der Waals surface area contributed by atoms with Crippen LogP contribution in [0.4, 0.5) is 10.7 Å². The summed E-state index contributed by atoms with van der Waals surface area (Å²) in [4.78, 5) is 48.7. The molecule has 2 fully saturated rings. The van der Waals surface area contributed by atoms with Gasteiger partial charge in [0, 0.05) is 4.88 Å². The Balaban J connectivity index is 1.60. The van der Waals surface area contributed by atoms with Gasteiger partial charge in [-0.3, -0.25) is 14.4 Å². The van der Waals surface area contributed by atoms with Crippen molar-refractivity contribution >= 4 is 39.8 Å². The summed E-state index contributed by atoms with van der Waals surface area (Å²) in [6.45, 7) is 7.55. The van der Waals surface area contributed by atoms with Crippen molar-refractivity contribution in [2.75, 3.05) is 16.6 Å². The van der Waals surface area contributed by atoms with E-state index in [1.54, 1.807) is 18.9 Å². The molecule has 3 atom stereocenters. The van der Waals surface area contributed by atoms with E-state index in [0.717, 1.165) is 26.6 Å². The second-order valence-corrected chi connectivity index (χ2v) is 9.92. The van der Waals surface area contributed by atoms with E-state index in [4.69, 9.17) is 9.57 Å². The van der Waals surface area contributed by atoms with E-state index in [9.17, 15) is 14.4 Å². The number of nitrogens with zero attached hydrogens (tertiary/aromatic N) is 2. The summed E-state index contributed by atoms with van der Waals surface area (Å²) in [6.07, 6.45) is -0.995. The number of aryl methyl sites for hydroxylation is 2. The summed E-state index contributed by atoms with van der Waals surface area (Å²) >= 11 is 1.25. The lowest BCUT2D eigenvalue weighted by Gasteiger charge is -2.29. The van der Waals surface area contributed by atoms with Crippen molar-refractivity contribution in [1.82, 2.24) is 0 Å². The Kier molecular flexibility index (Phi) is 5.94. The van der Waals surface area contributed by atoms with Crippen molar-refractivity contribution in [3.8, 4) is 0 Å². The number of ether oxygens (including phenoxy) is 1. The molecule has 35 heavy (non-hydrogen) atoms. The maximum absolute atomic E-state index is 13.9. The van der Waals surface area contributed by atoms with E-state index >= 15 is 0 Å². The molecule has 0 unspecified atom stereocenters. The van der Waals surface area contributed by atoms with Crippen molar-refractivity contribution in [3.05, 3.63) is 81.7 Å². The Labute approximate surface area is 207 Å². The van der Waals surface area contributed by atoms with E-state index in [2.05, 4.69) is 0 Å². The fourth-order valence-corrected chi connectivity index (χ4v) is 5.99. The van der Waals surface area contributed by atoms with Crippen molar-refractivity contribution in [1.29, 1.82) is 0 Å². The summed E-state index contributed by atoms with van der Waals surface area (Å²) in [5.41, 5.74) is 3.62. The minimum absolute atomic E-state index is 0.199. The number of anilines is 2. The van der Waals surface area contributed by atoms with Crippen LogP contribution < -0.4 is 9.96 Å². The van der Waals surface area contributed by atoms with Crippen LogP contribution in [0.2, 0.25) is 0 Å². The minimum Gasteiger partial charge on any atom is -0.462 e. The number of fused-ring (bicyclic) bond motifs is 1. The number of hydrogen-bond acceptors (Lipinski definition) is 7. The molecule has 3 heterocycles. The number of esters is 1. The van der Waals surface area contributed by atoms with Crippen LogP contribution in [0.3, 0.4) is 0 Å². The fourth-order valence-electron chi connectivity index (χ4n) is 4.83. The molecule has 7 nitrogen and oxygen atoms in total. The quantitative estimate of drug-likeness (QED) is 0.374. The number of thiophene rings is 1. The first-order valence-corrected chi connectivity index (χ1v) is 12.4. The molecule has 3 aromatic rings. The minimum atomic E-state index is -0.995. The van der Waals surface area contributed by atoms with Gasteiger partial charge in [0.1, 0.15) is 10.9 Å². The third kappa shape index (κ3) is 3.64. The largest absolute Gasteiger partial charge is 0.462 e. The first-order chi connectivity index (χ1) is 16.8. The molecule has 2 amide bonds. The van der Waals surface area contributed by atoms with Crippen LogP contribution >= 0.6 is 11.3 Å². The average Bonchev–Trinajstić information content (AvgIpc) is 3.45. The Morgan fingerprint density at radius 2 is 1.69 bits per heavy atom. The van der Waals surface area contributed by atoms with Crippen molar-refractivity contribution < 1.29 is 24.0 Å². The van der Waals surface area contributed by atoms with Gasteiger partial charge in [-0.15, -0.1) is 11.3 Å². The predicted octanol–water partition coefficient (Wildman–Crippen LogP) is 4.90. The van der Waals surface area contributed by atoms with E-state index in [0.29, 0.717) is 10.6 Å². The predicted molar refractivity (Wildman–Crippen MR) is 133 cm³/mol. The summed E-state index contributed by atoms with van der Waals surface area (Å²) in [5, 5.41) is 2.00. The molecule has 2 saturated heterocycles. The van der Waals surface area contributed by atoms with E-state index in [-0.39, 0.29) is 18.1 Å². The number of rotatable bonds is 5. The van der Waals surface area contributed by atoms with E-state index in [1.807, 2.05) is 68.4 Å². The zero-order valence-electron chi connectivity index (χ0n) is 20.0. The standard InChI is InChI=1S/C27H26N2O5S/c1-5-33-27(32)20-16(3)17(4)35-26(20)28-24(30)21-22(18-12-7-6-8-13-18)29(34-23(21)25(28)31)19-14-10-9-11-15(19)2/h6-14,21-23H,5H2,1-4H3/t21-,22-,23-/m1/s1. The smallest absolute Gasteiger partial charge is 0.341 e. The number of hydroxylamine groups is 1. The monoisotopic (exact) mass is 490 g/mol. The Morgan fingerprint density at radius 3 is 2.37 bits per heavy atom. The lowest BCUT2D eigenvalue weighted by Crippen LogP contribution is -2.38. The molecule has 0 radical (unpaired) electrons. The molecular weight excluding hydrogens is 464 g/mol. The third-order valence-corrected chi connectivity index (χ3v) is 7.85. The molecule has 0 bridgehead atoms. The van der Waals surface area contributed by atoms with Gasteiger partial charge in [0.2, 0.25) is 5.91 Å². The number of para-hydroxylation sites is 1. The summed E-state index contributed by atoms with van der Waals surface area (Å²) < 4.78 is 5.24. The number of carbonyl (C=O) groups excluding carboxylic acids is 3. The Morgan fingerprint density at radius 1 is 1.00 bits per heavy atom. The highest BCUT2D eigenvalue weighted by Gasteiger charge is 2.61. The highest BCUT2D eigenvalue weighted by atomic mass is 32.1. The normalized spacial score (nSPS) is 21.5. The highest BCUT2D eigenvalue weighted by Crippen LogP contribution is 2.50. The van der Waals surface area contributed by atoms with Crippen LogP contribution in [0.15, 0.2) is 54.6 Å². The molecule has 2 aliphatic rings. The molecule has 5 rings (SSSR count). The van der Waals surface area contributed by atoms with Crippen LogP contribution in [-0.2, 0) is 19.2 Å². The van der Waals surface area contributed by atoms with Crippen molar-refractivity contribution in [2.24, 2.45) is 5.92 Å². The number of amides is 2. The summed E-state index contributed by atoms with van der Waals surface area (Å²) in [7, 11) is 0. The van der Waals surface area contributed by atoms with Gasteiger partial charge in [-0.1, -0.05) is 48.5 Å². The van der Waals surface area contributed by atoms with E-state index in [1.165, 1.54) is 11.3 Å². The second kappa shape index (κ2) is 8.94. The number of benzene rings is 2. The first-order valence-electron chi connectivity index (χ1n) is 11.6. The molecule has 0 N–H and O–H groups in total. The molecule has 0 spiro atoms. The summed E-state index contributed by atoms with van der Waals surface area (Å²) in [5.74, 6) is -2.15. The van der Waals surface area contributed by atoms with Gasteiger partial charge in [-0.2, -0.15) is 0 Å². The molecule has 0 saturated carbocycles. The number of imide groups is 1. The Bertz CT molecular complexity index is 1320. The second-order valence-electron chi connectivity index (χ2n) is 8.72. The molecule has 180 valence electrons. The van der Waals surface area contributed by atoms with Gasteiger partial charge in [-0.25, -0.2) is 14.8 Å². The number of hydrogen-bond donors (Lipinski definition) is 0. The first kappa shape index (κ1) is 23.3. The van der Waals surface area contributed by atoms with E-state index < -0.39 is 29.9 Å². The molecule has 2 aromatic carbocycles. The molecule has 1 aromatic heterocycles. The fraction of sp³-hybridized carbons (Fsp3) is 0.296. The lowest BCUT2D eigenvalue weighted by molar-refractivity contribution is -0.126. The van der Waals surface area contributed by atoms with Gasteiger partial charge < -0.3 is 4.74 Å². The van der Waals surface area contributed by atoms with Crippen LogP contribution in [-0.4, -0.2) is 30.5 Å². The molecule has 8 heteroatoms. The van der Waals surface area contributed by atoms with Crippen LogP contribution in [0.1, 0.15) is 44.9 Å². The van der Waals surface area contributed by atoms with Crippen LogP contribution in [0.5, 0.6) is 0 Å². The average molecular weight is 491 g/mol. The van der Waals surface area contributed by atoms with Gasteiger partial charge in [0.05, 0.1) is 23.9 Å². The zero-order chi connectivity index (χ0) is 24.9. The van der Waals surface area contributed by atoms with Crippen molar-refractivity contribution in [2.45, 2.75) is 39.8 Å². The molecular formula is C27H26N2O5S. The third-order valence-electron chi connectivity index (χ3n) is 6.66. The van der Waals surface area contributed by atoms with Gasteiger partial charge in [-0.05, 0) is 50.5 Å². The van der Waals surface area contributed by atoms with Crippen LogP contribution in [0, 0.1) is 26.7 Å². The van der Waals surface area contributed by atoms with Crippen molar-refractivity contribution in [3.63, 3.8) is 0 Å². The highest BCUT2D eigenvalue weighted by molar-refractivity contribution is 7.17. The lowest BCUT2D eigenvalue weighted by atomic mass is 9.90. The maximum Gasteiger partial charge on any atom is 0.341 e. The topological polar surface area (TPSA) is 76.2 Å². The van der Waals surface area contributed by atoms with Crippen LogP contribution in [0.25, 0.3) is 0 Å². The SMILES string of the molecule is CCOC(=O)c1c(N2C(=O)[C@@H]3[C@@H](c4ccccc4)N(c4ccccc4C)O[C@H]3C2=O)sc(C)c1C. The maximum atomic E-state index is 13.9. The van der Waals surface area contributed by atoms with Gasteiger partial charge in [0.15, 0.2) is 6.10 Å². The molecule has 0 aliphatic carbocycles.